The Bertz CT molecular complexity index is 1090. The number of ether oxygens (including phenoxy) is 1. The molecular weight excluding hydrogens is 384 g/mol. The molecular formula is C23H24N2O5. The Morgan fingerprint density at radius 1 is 1.07 bits per heavy atom. The number of carbonyl (C=O) groups excluding carboxylic acids is 2. The van der Waals surface area contributed by atoms with E-state index in [-0.39, 0.29) is 25.0 Å². The van der Waals surface area contributed by atoms with Gasteiger partial charge in [0.05, 0.1) is 6.54 Å². The number of nitrogens with one attached hydrogen (secondary N) is 1. The Morgan fingerprint density at radius 3 is 2.53 bits per heavy atom. The van der Waals surface area contributed by atoms with Gasteiger partial charge in [-0.1, -0.05) is 30.3 Å². The van der Waals surface area contributed by atoms with Gasteiger partial charge in [0.15, 0.2) is 6.61 Å². The van der Waals surface area contributed by atoms with E-state index in [4.69, 9.17) is 9.15 Å². The molecule has 7 heteroatoms. The number of fused-ring (bicyclic) bond motifs is 1. The summed E-state index contributed by atoms with van der Waals surface area (Å²) >= 11 is 0. The molecule has 0 spiro atoms. The standard InChI is InChI=1S/C23H24N2O5/c1-3-24-21(26)14-25(4-2)22(27)15-29-17-10-11-18-19(16-8-6-5-7-9-16)13-23(28)30-20(18)12-17/h5-13H,3-4,14-15H2,1-2H3,(H,24,26). The lowest BCUT2D eigenvalue weighted by molar-refractivity contribution is -0.137. The van der Waals surface area contributed by atoms with Gasteiger partial charge in [-0.15, -0.1) is 0 Å². The zero-order valence-electron chi connectivity index (χ0n) is 17.0. The maximum atomic E-state index is 12.4. The van der Waals surface area contributed by atoms with E-state index in [1.807, 2.05) is 37.3 Å². The normalized spacial score (nSPS) is 10.6. The van der Waals surface area contributed by atoms with Crippen LogP contribution in [-0.2, 0) is 9.59 Å². The van der Waals surface area contributed by atoms with Crippen LogP contribution in [0.3, 0.4) is 0 Å². The molecule has 0 saturated carbocycles. The molecule has 0 radical (unpaired) electrons. The second-order valence-corrected chi connectivity index (χ2v) is 6.65. The minimum atomic E-state index is -0.464. The van der Waals surface area contributed by atoms with Crippen molar-refractivity contribution < 1.29 is 18.7 Å². The van der Waals surface area contributed by atoms with Gasteiger partial charge in [0, 0.05) is 30.6 Å². The fourth-order valence-corrected chi connectivity index (χ4v) is 3.13. The summed E-state index contributed by atoms with van der Waals surface area (Å²) in [6.07, 6.45) is 0. The predicted octanol–water partition coefficient (Wildman–Crippen LogP) is 2.82. The smallest absolute Gasteiger partial charge is 0.336 e. The number of nitrogens with zero attached hydrogens (tertiary/aromatic N) is 1. The maximum absolute atomic E-state index is 12.4. The average molecular weight is 408 g/mol. The first-order chi connectivity index (χ1) is 14.5. The fraction of sp³-hybridized carbons (Fsp3) is 0.261. The molecule has 0 atom stereocenters. The van der Waals surface area contributed by atoms with Crippen molar-refractivity contribution in [3.8, 4) is 16.9 Å². The first-order valence-corrected chi connectivity index (χ1v) is 9.82. The Balaban J connectivity index is 1.77. The summed E-state index contributed by atoms with van der Waals surface area (Å²) in [4.78, 5) is 37.6. The molecule has 2 amide bonds. The van der Waals surface area contributed by atoms with Gasteiger partial charge >= 0.3 is 5.63 Å². The molecule has 0 aliphatic rings. The average Bonchev–Trinajstić information content (AvgIpc) is 2.75. The van der Waals surface area contributed by atoms with Crippen LogP contribution < -0.4 is 15.7 Å². The number of likely N-dealkylation sites (N-methyl/N-ethyl adjacent to an activating group) is 2. The van der Waals surface area contributed by atoms with Crippen molar-refractivity contribution >= 4 is 22.8 Å². The van der Waals surface area contributed by atoms with Crippen LogP contribution in [0, 0.1) is 0 Å². The van der Waals surface area contributed by atoms with E-state index in [2.05, 4.69) is 5.32 Å². The summed E-state index contributed by atoms with van der Waals surface area (Å²) in [5, 5.41) is 3.44. The summed E-state index contributed by atoms with van der Waals surface area (Å²) in [6.45, 7) is 4.29. The Labute approximate surface area is 174 Å². The van der Waals surface area contributed by atoms with Crippen molar-refractivity contribution in [1.82, 2.24) is 10.2 Å². The van der Waals surface area contributed by atoms with E-state index in [0.717, 1.165) is 16.5 Å². The quantitative estimate of drug-likeness (QED) is 0.579. The molecule has 0 aliphatic carbocycles. The molecule has 156 valence electrons. The molecule has 1 N–H and O–H groups in total. The van der Waals surface area contributed by atoms with E-state index in [1.54, 1.807) is 25.1 Å². The van der Waals surface area contributed by atoms with Crippen molar-refractivity contribution in [2.75, 3.05) is 26.2 Å². The zero-order valence-corrected chi connectivity index (χ0v) is 17.0. The van der Waals surface area contributed by atoms with E-state index < -0.39 is 5.63 Å². The molecule has 3 rings (SSSR count). The van der Waals surface area contributed by atoms with Crippen LogP contribution in [0.4, 0.5) is 0 Å². The monoisotopic (exact) mass is 408 g/mol. The number of hydrogen-bond donors (Lipinski definition) is 1. The van der Waals surface area contributed by atoms with Crippen molar-refractivity contribution in [1.29, 1.82) is 0 Å². The first kappa shape index (κ1) is 21.1. The van der Waals surface area contributed by atoms with Gasteiger partial charge in [-0.25, -0.2) is 4.79 Å². The number of benzene rings is 2. The van der Waals surface area contributed by atoms with Crippen LogP contribution in [-0.4, -0.2) is 43.0 Å². The molecule has 3 aromatic rings. The van der Waals surface area contributed by atoms with Gasteiger partial charge in [-0.2, -0.15) is 0 Å². The highest BCUT2D eigenvalue weighted by molar-refractivity contribution is 5.93. The highest BCUT2D eigenvalue weighted by Crippen LogP contribution is 2.29. The summed E-state index contributed by atoms with van der Waals surface area (Å²) < 4.78 is 10.9. The molecule has 1 aromatic heterocycles. The molecule has 1 heterocycles. The lowest BCUT2D eigenvalue weighted by atomic mass is 10.0. The minimum Gasteiger partial charge on any atom is -0.484 e. The van der Waals surface area contributed by atoms with E-state index >= 15 is 0 Å². The Hall–Kier alpha value is -3.61. The summed E-state index contributed by atoms with van der Waals surface area (Å²) in [6, 6.07) is 16.1. The number of rotatable bonds is 8. The van der Waals surface area contributed by atoms with Crippen molar-refractivity contribution in [3.63, 3.8) is 0 Å². The van der Waals surface area contributed by atoms with Crippen molar-refractivity contribution in [2.24, 2.45) is 0 Å². The molecule has 0 fully saturated rings. The predicted molar refractivity (Wildman–Crippen MR) is 114 cm³/mol. The molecule has 30 heavy (non-hydrogen) atoms. The second-order valence-electron chi connectivity index (χ2n) is 6.65. The third-order valence-electron chi connectivity index (χ3n) is 4.61. The van der Waals surface area contributed by atoms with Gasteiger partial charge in [-0.05, 0) is 37.1 Å². The number of amides is 2. The minimum absolute atomic E-state index is 0.0143. The highest BCUT2D eigenvalue weighted by atomic mass is 16.5. The van der Waals surface area contributed by atoms with Gasteiger partial charge in [0.2, 0.25) is 5.91 Å². The Morgan fingerprint density at radius 2 is 1.83 bits per heavy atom. The largest absolute Gasteiger partial charge is 0.484 e. The third-order valence-corrected chi connectivity index (χ3v) is 4.61. The zero-order chi connectivity index (χ0) is 21.5. The summed E-state index contributed by atoms with van der Waals surface area (Å²) in [7, 11) is 0. The van der Waals surface area contributed by atoms with E-state index in [9.17, 15) is 14.4 Å². The molecule has 7 nitrogen and oxygen atoms in total. The first-order valence-electron chi connectivity index (χ1n) is 9.82. The molecule has 0 bridgehead atoms. The summed E-state index contributed by atoms with van der Waals surface area (Å²) in [5.74, 6) is -0.116. The maximum Gasteiger partial charge on any atom is 0.336 e. The lowest BCUT2D eigenvalue weighted by Crippen LogP contribution is -2.42. The Kier molecular flexibility index (Phi) is 6.85. The van der Waals surface area contributed by atoms with Crippen molar-refractivity contribution in [3.05, 3.63) is 65.0 Å². The van der Waals surface area contributed by atoms with Gasteiger partial charge in [0.1, 0.15) is 11.3 Å². The van der Waals surface area contributed by atoms with E-state index in [1.165, 1.54) is 11.0 Å². The van der Waals surface area contributed by atoms with Crippen molar-refractivity contribution in [2.45, 2.75) is 13.8 Å². The SMILES string of the molecule is CCNC(=O)CN(CC)C(=O)COc1ccc2c(-c3ccccc3)cc(=O)oc2c1. The fourth-order valence-electron chi connectivity index (χ4n) is 3.13. The molecule has 0 saturated heterocycles. The number of carbonyl (C=O) groups is 2. The second kappa shape index (κ2) is 9.73. The number of hydrogen-bond acceptors (Lipinski definition) is 5. The summed E-state index contributed by atoms with van der Waals surface area (Å²) in [5.41, 5.74) is 1.58. The lowest BCUT2D eigenvalue weighted by Gasteiger charge is -2.20. The van der Waals surface area contributed by atoms with Crippen LogP contribution >= 0.6 is 0 Å². The topological polar surface area (TPSA) is 88.9 Å². The van der Waals surface area contributed by atoms with Crippen LogP contribution in [0.1, 0.15) is 13.8 Å². The molecule has 0 unspecified atom stereocenters. The van der Waals surface area contributed by atoms with Crippen LogP contribution in [0.2, 0.25) is 0 Å². The van der Waals surface area contributed by atoms with Gasteiger partial charge < -0.3 is 19.4 Å². The van der Waals surface area contributed by atoms with E-state index in [0.29, 0.717) is 24.4 Å². The molecule has 2 aromatic carbocycles. The van der Waals surface area contributed by atoms with Crippen LogP contribution in [0.25, 0.3) is 22.1 Å². The van der Waals surface area contributed by atoms with Crippen LogP contribution in [0.15, 0.2) is 63.8 Å². The molecule has 0 aliphatic heterocycles. The third kappa shape index (κ3) is 5.05. The van der Waals surface area contributed by atoms with Gasteiger partial charge in [0.25, 0.3) is 5.91 Å². The highest BCUT2D eigenvalue weighted by Gasteiger charge is 2.16. The van der Waals surface area contributed by atoms with Crippen LogP contribution in [0.5, 0.6) is 5.75 Å². The van der Waals surface area contributed by atoms with Gasteiger partial charge in [-0.3, -0.25) is 9.59 Å².